The molecule has 0 radical (unpaired) electrons. The van der Waals surface area contributed by atoms with Gasteiger partial charge in [0.05, 0.1) is 19.8 Å². The predicted molar refractivity (Wildman–Crippen MR) is 265 cm³/mol. The molecule has 3 N–H and O–H groups in total. The molecule has 8 nitrogen and oxygen atoms in total. The zero-order chi connectivity index (χ0) is 45.1. The van der Waals surface area contributed by atoms with Gasteiger partial charge in [0, 0.05) is 19.6 Å². The Kier molecular flexibility index (Phi) is 48.3. The Hall–Kier alpha value is -2.06. The Morgan fingerprint density at radius 1 is 0.500 bits per heavy atom. The smallest absolute Gasteiger partial charge is 0.457 e. The third kappa shape index (κ3) is 49.0. The van der Waals surface area contributed by atoms with E-state index in [-0.39, 0.29) is 38.8 Å². The van der Waals surface area contributed by atoms with E-state index in [1.807, 2.05) is 0 Å². The van der Waals surface area contributed by atoms with Crippen LogP contribution in [0.4, 0.5) is 0 Å². The van der Waals surface area contributed by atoms with Crippen LogP contribution in [-0.2, 0) is 27.9 Å². The summed E-state index contributed by atoms with van der Waals surface area (Å²) in [5.74, 6) is -0.386. The van der Waals surface area contributed by atoms with Crippen molar-refractivity contribution in [2.75, 3.05) is 33.0 Å². The van der Waals surface area contributed by atoms with Crippen molar-refractivity contribution in [2.24, 2.45) is 5.73 Å². The molecule has 0 aromatic heterocycles. The molecule has 0 heterocycles. The average Bonchev–Trinajstić information content (AvgIpc) is 3.26. The van der Waals surface area contributed by atoms with Gasteiger partial charge in [-0.3, -0.25) is 13.8 Å². The van der Waals surface area contributed by atoms with Gasteiger partial charge < -0.3 is 20.1 Å². The Balaban J connectivity index is 3.96. The molecule has 0 bridgehead atoms. The first-order valence-corrected chi connectivity index (χ1v) is 26.9. The van der Waals surface area contributed by atoms with Crippen molar-refractivity contribution in [1.82, 2.24) is 0 Å². The van der Waals surface area contributed by atoms with Crippen LogP contribution in [0.5, 0.6) is 0 Å². The van der Waals surface area contributed by atoms with Crippen LogP contribution in [0.15, 0.2) is 72.9 Å². The quantitative estimate of drug-likeness (QED) is 0.0268. The molecule has 0 amide bonds. The molecule has 0 rings (SSSR count). The SMILES string of the molecule is CC/C=C\C/C=C\C/C=C\C/C=C\C/C=C\CCCC(=O)OC(COCCCCCCCCCCCCCCCC/C=C\CCCCCCCCCC)COP(=O)(O)OCCN. The van der Waals surface area contributed by atoms with E-state index in [2.05, 4.69) is 86.8 Å². The van der Waals surface area contributed by atoms with Crippen molar-refractivity contribution in [2.45, 2.75) is 225 Å². The molecule has 0 aliphatic heterocycles. The second kappa shape index (κ2) is 49.9. The van der Waals surface area contributed by atoms with Crippen LogP contribution >= 0.6 is 7.82 Å². The Morgan fingerprint density at radius 2 is 0.903 bits per heavy atom. The number of unbranched alkanes of at least 4 members (excludes halogenated alkanes) is 23. The summed E-state index contributed by atoms with van der Waals surface area (Å²) in [6, 6.07) is 0. The maximum atomic E-state index is 12.6. The van der Waals surface area contributed by atoms with Gasteiger partial charge in [-0.05, 0) is 77.0 Å². The number of allylic oxidation sites excluding steroid dienone is 12. The number of nitrogens with two attached hydrogens (primary N) is 1. The molecule has 0 aliphatic rings. The maximum Gasteiger partial charge on any atom is 0.472 e. The lowest BCUT2D eigenvalue weighted by molar-refractivity contribution is -0.154. The molecule has 0 aliphatic carbocycles. The molecule has 0 spiro atoms. The molecular formula is C53H96NO7P. The fourth-order valence-corrected chi connectivity index (χ4v) is 7.68. The van der Waals surface area contributed by atoms with Gasteiger partial charge in [-0.1, -0.05) is 209 Å². The maximum absolute atomic E-state index is 12.6. The number of esters is 1. The largest absolute Gasteiger partial charge is 0.472 e. The van der Waals surface area contributed by atoms with Gasteiger partial charge in [-0.2, -0.15) is 0 Å². The van der Waals surface area contributed by atoms with Crippen LogP contribution in [0.1, 0.15) is 219 Å². The summed E-state index contributed by atoms with van der Waals surface area (Å²) in [7, 11) is -4.30. The normalized spacial score (nSPS) is 13.9. The van der Waals surface area contributed by atoms with Gasteiger partial charge in [0.15, 0.2) is 0 Å². The van der Waals surface area contributed by atoms with E-state index < -0.39 is 13.9 Å². The second-order valence-electron chi connectivity index (χ2n) is 16.6. The lowest BCUT2D eigenvalue weighted by Crippen LogP contribution is -2.28. The first-order valence-electron chi connectivity index (χ1n) is 25.4. The van der Waals surface area contributed by atoms with E-state index in [4.69, 9.17) is 24.3 Å². The van der Waals surface area contributed by atoms with Crippen molar-refractivity contribution in [3.63, 3.8) is 0 Å². The highest BCUT2D eigenvalue weighted by Gasteiger charge is 2.25. The van der Waals surface area contributed by atoms with Crippen molar-refractivity contribution < 1.29 is 32.8 Å². The summed E-state index contributed by atoms with van der Waals surface area (Å²) in [5, 5.41) is 0. The number of hydrogen-bond donors (Lipinski definition) is 2. The minimum Gasteiger partial charge on any atom is -0.457 e. The van der Waals surface area contributed by atoms with Crippen molar-refractivity contribution in [3.05, 3.63) is 72.9 Å². The van der Waals surface area contributed by atoms with Crippen LogP contribution in [0.3, 0.4) is 0 Å². The van der Waals surface area contributed by atoms with E-state index in [1.165, 1.54) is 141 Å². The lowest BCUT2D eigenvalue weighted by atomic mass is 10.0. The summed E-state index contributed by atoms with van der Waals surface area (Å²) >= 11 is 0. The summed E-state index contributed by atoms with van der Waals surface area (Å²) in [6.07, 6.45) is 63.9. The van der Waals surface area contributed by atoms with E-state index in [9.17, 15) is 14.3 Å². The highest BCUT2D eigenvalue weighted by molar-refractivity contribution is 7.47. The second-order valence-corrected chi connectivity index (χ2v) is 18.1. The fourth-order valence-electron chi connectivity index (χ4n) is 6.91. The molecule has 2 atom stereocenters. The Labute approximate surface area is 382 Å². The number of hydrogen-bond acceptors (Lipinski definition) is 7. The molecule has 9 heteroatoms. The Bertz CT molecular complexity index is 1180. The monoisotopic (exact) mass is 890 g/mol. The lowest BCUT2D eigenvalue weighted by Gasteiger charge is -2.20. The third-order valence-electron chi connectivity index (χ3n) is 10.6. The molecule has 2 unspecified atom stereocenters. The minimum absolute atomic E-state index is 0.0888. The summed E-state index contributed by atoms with van der Waals surface area (Å²) < 4.78 is 33.5. The molecule has 0 fully saturated rings. The van der Waals surface area contributed by atoms with Gasteiger partial charge in [0.1, 0.15) is 6.10 Å². The van der Waals surface area contributed by atoms with E-state index in [0.717, 1.165) is 51.4 Å². The molecule has 0 saturated carbocycles. The zero-order valence-electron chi connectivity index (χ0n) is 40.1. The van der Waals surface area contributed by atoms with Crippen LogP contribution < -0.4 is 5.73 Å². The van der Waals surface area contributed by atoms with Gasteiger partial charge in [-0.15, -0.1) is 0 Å². The van der Waals surface area contributed by atoms with E-state index in [0.29, 0.717) is 13.0 Å². The van der Waals surface area contributed by atoms with E-state index >= 15 is 0 Å². The van der Waals surface area contributed by atoms with Crippen molar-refractivity contribution in [3.8, 4) is 0 Å². The Morgan fingerprint density at radius 3 is 1.37 bits per heavy atom. The molecular weight excluding hydrogens is 794 g/mol. The topological polar surface area (TPSA) is 117 Å². The molecule has 62 heavy (non-hydrogen) atoms. The average molecular weight is 890 g/mol. The van der Waals surface area contributed by atoms with Crippen molar-refractivity contribution in [1.29, 1.82) is 0 Å². The first-order chi connectivity index (χ1) is 30.4. The molecule has 0 aromatic carbocycles. The predicted octanol–water partition coefficient (Wildman–Crippen LogP) is 15.9. The number of phosphoric ester groups is 1. The zero-order valence-corrected chi connectivity index (χ0v) is 41.0. The number of carbonyl (C=O) groups excluding carboxylic acids is 1. The molecule has 0 saturated heterocycles. The van der Waals surface area contributed by atoms with Gasteiger partial charge in [0.25, 0.3) is 0 Å². The summed E-state index contributed by atoms with van der Waals surface area (Å²) in [6.45, 7) is 4.74. The number of carbonyl (C=O) groups is 1. The van der Waals surface area contributed by atoms with Crippen LogP contribution in [0.25, 0.3) is 0 Å². The minimum atomic E-state index is -4.30. The highest BCUT2D eigenvalue weighted by atomic mass is 31.2. The van der Waals surface area contributed by atoms with E-state index in [1.54, 1.807) is 0 Å². The molecule has 0 aromatic rings. The van der Waals surface area contributed by atoms with Gasteiger partial charge >= 0.3 is 13.8 Å². The number of phosphoric acid groups is 1. The van der Waals surface area contributed by atoms with Crippen LogP contribution in [0.2, 0.25) is 0 Å². The standard InChI is InChI=1S/C53H96NO7P/c1-3-5-7-9-11-13-15-17-19-21-22-23-24-25-26-27-28-29-31-33-35-37-39-41-43-45-48-58-50-52(51-60-62(56,57)59-49-47-54)61-53(55)46-44-42-40-38-36-34-32-30-20-18-16-14-12-10-8-6-4-2/h6,8,12,14,18,20-22,32,34,38,40,52H,3-5,7,9-11,13,15-17,19,23-31,33,35-37,39,41-51,54H2,1-2H3,(H,56,57)/b8-6-,14-12-,20-18-,22-21-,34-32-,40-38-. The van der Waals surface area contributed by atoms with Crippen LogP contribution in [-0.4, -0.2) is 49.9 Å². The number of rotatable bonds is 48. The summed E-state index contributed by atoms with van der Waals surface area (Å²) in [4.78, 5) is 22.5. The first kappa shape index (κ1) is 59.9. The fraction of sp³-hybridized carbons (Fsp3) is 0.755. The third-order valence-corrected chi connectivity index (χ3v) is 11.6. The highest BCUT2D eigenvalue weighted by Crippen LogP contribution is 2.43. The van der Waals surface area contributed by atoms with Gasteiger partial charge in [0.2, 0.25) is 0 Å². The molecule has 360 valence electrons. The summed E-state index contributed by atoms with van der Waals surface area (Å²) in [5.41, 5.74) is 5.38. The van der Waals surface area contributed by atoms with Gasteiger partial charge in [-0.25, -0.2) is 4.57 Å². The van der Waals surface area contributed by atoms with Crippen LogP contribution in [0, 0.1) is 0 Å². The van der Waals surface area contributed by atoms with Crippen molar-refractivity contribution >= 4 is 13.8 Å². The number of ether oxygens (including phenoxy) is 2.